The number of nitrogens with one attached hydrogen (secondary N) is 1. The molecule has 1 aromatic heterocycles. The van der Waals surface area contributed by atoms with Gasteiger partial charge < -0.3 is 10.2 Å². The first-order chi connectivity index (χ1) is 9.79. The summed E-state index contributed by atoms with van der Waals surface area (Å²) in [4.78, 5) is 7.52. The van der Waals surface area contributed by atoms with E-state index in [-0.39, 0.29) is 0 Å². The summed E-state index contributed by atoms with van der Waals surface area (Å²) < 4.78 is 0. The molecule has 0 aromatic carbocycles. The Bertz CT molecular complexity index is 431. The molecule has 2 heterocycles. The second kappa shape index (κ2) is 6.44. The van der Waals surface area contributed by atoms with Crippen LogP contribution in [-0.2, 0) is 0 Å². The summed E-state index contributed by atoms with van der Waals surface area (Å²) >= 11 is 1.84. The van der Waals surface area contributed by atoms with Gasteiger partial charge in [0.2, 0.25) is 0 Å². The third-order valence-electron chi connectivity index (χ3n) is 4.91. The van der Waals surface area contributed by atoms with Crippen LogP contribution < -0.4 is 10.2 Å². The van der Waals surface area contributed by atoms with Gasteiger partial charge in [-0.25, -0.2) is 4.98 Å². The molecule has 3 atom stereocenters. The van der Waals surface area contributed by atoms with Gasteiger partial charge >= 0.3 is 0 Å². The van der Waals surface area contributed by atoms with E-state index >= 15 is 0 Å². The maximum absolute atomic E-state index is 4.92. The number of hydrogen-bond acceptors (Lipinski definition) is 4. The minimum Gasteiger partial charge on any atom is -0.345 e. The Morgan fingerprint density at radius 3 is 3.10 bits per heavy atom. The molecule has 0 bridgehead atoms. The maximum atomic E-state index is 4.92. The fourth-order valence-electron chi connectivity index (χ4n) is 3.72. The van der Waals surface area contributed by atoms with E-state index in [1.165, 1.54) is 55.9 Å². The quantitative estimate of drug-likeness (QED) is 0.890. The Labute approximate surface area is 126 Å². The number of anilines is 1. The van der Waals surface area contributed by atoms with Crippen molar-refractivity contribution < 1.29 is 0 Å². The number of rotatable bonds is 5. The van der Waals surface area contributed by atoms with Gasteiger partial charge in [0.1, 0.15) is 0 Å². The Kier molecular flexibility index (Phi) is 4.61. The van der Waals surface area contributed by atoms with Gasteiger partial charge in [0.05, 0.1) is 5.69 Å². The third kappa shape index (κ3) is 2.86. The lowest BCUT2D eigenvalue weighted by Gasteiger charge is -2.31. The maximum Gasteiger partial charge on any atom is 0.185 e. The Hall–Kier alpha value is -0.610. The molecular weight excluding hydrogens is 266 g/mol. The summed E-state index contributed by atoms with van der Waals surface area (Å²) in [6.07, 6.45) is 8.22. The molecule has 0 radical (unpaired) electrons. The minimum atomic E-state index is 0.379. The van der Waals surface area contributed by atoms with E-state index in [2.05, 4.69) is 29.4 Å². The van der Waals surface area contributed by atoms with Crippen molar-refractivity contribution >= 4 is 16.5 Å². The fourth-order valence-corrected chi connectivity index (χ4v) is 4.72. The number of fused-ring (bicyclic) bond motifs is 1. The first kappa shape index (κ1) is 14.3. The normalized spacial score (nSPS) is 27.6. The molecule has 112 valence electrons. The van der Waals surface area contributed by atoms with Crippen LogP contribution in [-0.4, -0.2) is 24.1 Å². The molecule has 1 N–H and O–H groups in total. The van der Waals surface area contributed by atoms with Gasteiger partial charge in [-0.1, -0.05) is 19.8 Å². The molecular formula is C16H27N3S. The van der Waals surface area contributed by atoms with Crippen molar-refractivity contribution in [2.24, 2.45) is 5.92 Å². The van der Waals surface area contributed by atoms with Crippen LogP contribution in [0.15, 0.2) is 5.38 Å². The molecule has 3 rings (SSSR count). The van der Waals surface area contributed by atoms with E-state index in [1.54, 1.807) is 0 Å². The highest BCUT2D eigenvalue weighted by atomic mass is 32.1. The van der Waals surface area contributed by atoms with Gasteiger partial charge in [0.25, 0.3) is 0 Å². The van der Waals surface area contributed by atoms with E-state index in [1.807, 2.05) is 11.3 Å². The summed E-state index contributed by atoms with van der Waals surface area (Å²) in [5.41, 5.74) is 1.22. The van der Waals surface area contributed by atoms with E-state index < -0.39 is 0 Å². The zero-order valence-corrected chi connectivity index (χ0v) is 13.6. The van der Waals surface area contributed by atoms with E-state index in [4.69, 9.17) is 4.98 Å². The molecule has 2 aliphatic rings. The lowest BCUT2D eigenvalue weighted by atomic mass is 9.85. The molecule has 0 amide bonds. The van der Waals surface area contributed by atoms with Crippen LogP contribution in [0.5, 0.6) is 0 Å². The second-order valence-electron chi connectivity index (χ2n) is 6.32. The Morgan fingerprint density at radius 1 is 1.40 bits per heavy atom. The van der Waals surface area contributed by atoms with Crippen molar-refractivity contribution in [3.8, 4) is 0 Å². The molecule has 0 spiro atoms. The second-order valence-corrected chi connectivity index (χ2v) is 7.16. The summed E-state index contributed by atoms with van der Waals surface area (Å²) in [7, 11) is 0. The van der Waals surface area contributed by atoms with Gasteiger partial charge in [0.15, 0.2) is 5.13 Å². The van der Waals surface area contributed by atoms with Crippen LogP contribution in [0.25, 0.3) is 0 Å². The average molecular weight is 293 g/mol. The summed E-state index contributed by atoms with van der Waals surface area (Å²) in [5, 5.41) is 7.05. The Morgan fingerprint density at radius 2 is 2.25 bits per heavy atom. The highest BCUT2D eigenvalue weighted by molar-refractivity contribution is 7.13. The van der Waals surface area contributed by atoms with Crippen molar-refractivity contribution in [2.75, 3.05) is 18.0 Å². The van der Waals surface area contributed by atoms with Gasteiger partial charge in [-0.15, -0.1) is 11.3 Å². The summed E-state index contributed by atoms with van der Waals surface area (Å²) in [6.45, 7) is 6.73. The first-order valence-electron chi connectivity index (χ1n) is 8.25. The first-order valence-corrected chi connectivity index (χ1v) is 9.13. The molecule has 1 saturated carbocycles. The monoisotopic (exact) mass is 293 g/mol. The molecule has 1 aliphatic heterocycles. The Balaban J connectivity index is 1.67. The SMILES string of the molecule is CCCNC(C)c1csc(N2CCC3CCCCC32)n1. The number of nitrogens with zero attached hydrogens (tertiary/aromatic N) is 2. The van der Waals surface area contributed by atoms with Crippen LogP contribution in [0.2, 0.25) is 0 Å². The number of hydrogen-bond donors (Lipinski definition) is 1. The third-order valence-corrected chi connectivity index (χ3v) is 5.81. The average Bonchev–Trinajstić information content (AvgIpc) is 3.10. The van der Waals surface area contributed by atoms with Crippen molar-refractivity contribution in [2.45, 2.75) is 64.5 Å². The number of aromatic nitrogens is 1. The predicted molar refractivity (Wildman–Crippen MR) is 86.5 cm³/mol. The van der Waals surface area contributed by atoms with Gasteiger partial charge in [-0.2, -0.15) is 0 Å². The van der Waals surface area contributed by atoms with Crippen molar-refractivity contribution in [1.82, 2.24) is 10.3 Å². The lowest BCUT2D eigenvalue weighted by Crippen LogP contribution is -2.34. The molecule has 4 heteroatoms. The smallest absolute Gasteiger partial charge is 0.185 e. The lowest BCUT2D eigenvalue weighted by molar-refractivity contribution is 0.342. The molecule has 20 heavy (non-hydrogen) atoms. The van der Waals surface area contributed by atoms with Gasteiger partial charge in [0, 0.05) is 24.0 Å². The van der Waals surface area contributed by atoms with Crippen molar-refractivity contribution in [3.05, 3.63) is 11.1 Å². The zero-order chi connectivity index (χ0) is 13.9. The van der Waals surface area contributed by atoms with Gasteiger partial charge in [-0.05, 0) is 45.1 Å². The summed E-state index contributed by atoms with van der Waals surface area (Å²) in [5.74, 6) is 0.937. The fraction of sp³-hybridized carbons (Fsp3) is 0.812. The van der Waals surface area contributed by atoms with E-state index in [0.29, 0.717) is 6.04 Å². The van der Waals surface area contributed by atoms with Crippen molar-refractivity contribution in [3.63, 3.8) is 0 Å². The standard InChI is InChI=1S/C16H27N3S/c1-3-9-17-12(2)14-11-20-16(18-14)19-10-8-13-6-4-5-7-15(13)19/h11-13,15,17H,3-10H2,1-2H3. The molecule has 3 unspecified atom stereocenters. The van der Waals surface area contributed by atoms with Crippen molar-refractivity contribution in [1.29, 1.82) is 0 Å². The highest BCUT2D eigenvalue weighted by Gasteiger charge is 2.36. The molecule has 1 aromatic rings. The summed E-state index contributed by atoms with van der Waals surface area (Å²) in [6, 6.07) is 1.16. The van der Waals surface area contributed by atoms with E-state index in [9.17, 15) is 0 Å². The molecule has 2 fully saturated rings. The van der Waals surface area contributed by atoms with Crippen LogP contribution >= 0.6 is 11.3 Å². The van der Waals surface area contributed by atoms with E-state index in [0.717, 1.165) is 18.5 Å². The van der Waals surface area contributed by atoms with Crippen LogP contribution in [0, 0.1) is 5.92 Å². The highest BCUT2D eigenvalue weighted by Crippen LogP contribution is 2.40. The molecule has 3 nitrogen and oxygen atoms in total. The number of thiazole rings is 1. The van der Waals surface area contributed by atoms with Crippen LogP contribution in [0.4, 0.5) is 5.13 Å². The molecule has 1 saturated heterocycles. The predicted octanol–water partition coefficient (Wildman–Crippen LogP) is 3.97. The van der Waals surface area contributed by atoms with Gasteiger partial charge in [-0.3, -0.25) is 0 Å². The topological polar surface area (TPSA) is 28.2 Å². The largest absolute Gasteiger partial charge is 0.345 e. The zero-order valence-electron chi connectivity index (χ0n) is 12.8. The van der Waals surface area contributed by atoms with Crippen LogP contribution in [0.1, 0.15) is 64.1 Å². The molecule has 1 aliphatic carbocycles. The van der Waals surface area contributed by atoms with Crippen LogP contribution in [0.3, 0.4) is 0 Å². The minimum absolute atomic E-state index is 0.379.